The summed E-state index contributed by atoms with van der Waals surface area (Å²) in [6, 6.07) is 3.54. The fraction of sp³-hybridized carbons (Fsp3) is 0.182. The van der Waals surface area contributed by atoms with Crippen LogP contribution in [0.1, 0.15) is 40.5 Å². The van der Waals surface area contributed by atoms with Gasteiger partial charge in [-0.2, -0.15) is 17.6 Å². The Bertz CT molecular complexity index is 1380. The van der Waals surface area contributed by atoms with E-state index in [0.29, 0.717) is 6.20 Å². The number of carbonyl (C=O) groups is 2. The Morgan fingerprint density at radius 2 is 1.72 bits per heavy atom. The number of anilines is 1. The molecule has 0 fully saturated rings. The molecule has 0 radical (unpaired) electrons. The highest BCUT2D eigenvalue weighted by Crippen LogP contribution is 2.25. The maximum Gasteiger partial charge on any atom is 0.451 e. The number of aromatic nitrogens is 4. The van der Waals surface area contributed by atoms with Gasteiger partial charge in [0, 0.05) is 19.4 Å². The third-order valence-corrected chi connectivity index (χ3v) is 4.85. The van der Waals surface area contributed by atoms with Crippen molar-refractivity contribution in [1.29, 1.82) is 0 Å². The number of alkyl carbamates (subject to hydrolysis) is 1. The zero-order valence-electron chi connectivity index (χ0n) is 20.1. The lowest BCUT2D eigenvalue weighted by atomic mass is 10.2. The van der Waals surface area contributed by atoms with Crippen molar-refractivity contribution in [2.24, 2.45) is 11.6 Å². The third kappa shape index (κ3) is 7.31. The topological polar surface area (TPSA) is 174 Å². The van der Waals surface area contributed by atoms with Crippen LogP contribution >= 0.6 is 0 Å². The maximum atomic E-state index is 13.8. The molecule has 0 saturated heterocycles. The van der Waals surface area contributed by atoms with Gasteiger partial charge in [0.15, 0.2) is 5.82 Å². The number of nitrogens with two attached hydrogens (primary N) is 2. The summed E-state index contributed by atoms with van der Waals surface area (Å²) in [5.74, 6) is 1.54. The number of rotatable bonds is 7. The molecular formula is C22H20F5N9O3. The van der Waals surface area contributed by atoms with Gasteiger partial charge in [-0.3, -0.25) is 20.1 Å². The molecule has 3 aromatic heterocycles. The summed E-state index contributed by atoms with van der Waals surface area (Å²) in [6.07, 6.45) is -3.79. The molecular weight excluding hydrogens is 533 g/mol. The van der Waals surface area contributed by atoms with Crippen LogP contribution in [-0.2, 0) is 10.9 Å². The minimum absolute atomic E-state index is 0.0897. The highest BCUT2D eigenvalue weighted by Gasteiger charge is 2.34. The normalized spacial score (nSPS) is 12.7. The predicted octanol–water partition coefficient (Wildman–Crippen LogP) is 2.69. The Hall–Kier alpha value is -4.93. The predicted molar refractivity (Wildman–Crippen MR) is 124 cm³/mol. The fourth-order valence-electron chi connectivity index (χ4n) is 2.96. The molecule has 0 aliphatic heterocycles. The van der Waals surface area contributed by atoms with Gasteiger partial charge < -0.3 is 15.8 Å². The number of amides is 2. The van der Waals surface area contributed by atoms with Crippen LogP contribution in [0.4, 0.5) is 32.4 Å². The molecule has 0 aliphatic carbocycles. The average Bonchev–Trinajstić information content (AvgIpc) is 2.88. The first-order valence-corrected chi connectivity index (χ1v) is 10.7. The molecule has 6 N–H and O–H groups in total. The summed E-state index contributed by atoms with van der Waals surface area (Å²) in [5, 5.41) is 5.63. The Morgan fingerprint density at radius 1 is 1.05 bits per heavy atom. The highest BCUT2D eigenvalue weighted by molar-refractivity contribution is 6.03. The average molecular weight is 553 g/mol. The molecule has 1 atom stereocenters. The summed E-state index contributed by atoms with van der Waals surface area (Å²) in [4.78, 5) is 38.2. The first-order valence-electron chi connectivity index (χ1n) is 10.7. The van der Waals surface area contributed by atoms with Gasteiger partial charge in [0.2, 0.25) is 11.8 Å². The molecule has 3 rings (SSSR count). The van der Waals surface area contributed by atoms with E-state index in [1.165, 1.54) is 32.3 Å². The summed E-state index contributed by atoms with van der Waals surface area (Å²) < 4.78 is 70.0. The quantitative estimate of drug-likeness (QED) is 0.147. The van der Waals surface area contributed by atoms with E-state index in [1.54, 1.807) is 0 Å². The number of carbonyl (C=O) groups excluding carboxylic acids is 2. The van der Waals surface area contributed by atoms with E-state index in [1.807, 2.05) is 0 Å². The van der Waals surface area contributed by atoms with Crippen molar-refractivity contribution < 1.29 is 36.3 Å². The molecule has 2 amide bonds. The largest absolute Gasteiger partial charge is 0.451 e. The lowest BCUT2D eigenvalue weighted by Gasteiger charge is -2.21. The van der Waals surface area contributed by atoms with Crippen LogP contribution in [0.3, 0.4) is 0 Å². The van der Waals surface area contributed by atoms with Crippen LogP contribution in [-0.4, -0.2) is 44.0 Å². The minimum Gasteiger partial charge on any atom is -0.441 e. The maximum absolute atomic E-state index is 13.8. The van der Waals surface area contributed by atoms with Gasteiger partial charge in [0.25, 0.3) is 5.91 Å². The van der Waals surface area contributed by atoms with Crippen molar-refractivity contribution in [3.8, 4) is 0 Å². The van der Waals surface area contributed by atoms with Gasteiger partial charge in [0.05, 0.1) is 34.9 Å². The van der Waals surface area contributed by atoms with Gasteiger partial charge in [-0.25, -0.2) is 30.0 Å². The monoisotopic (exact) mass is 553 g/mol. The number of ether oxygens (including phenoxy) is 1. The molecule has 0 unspecified atom stereocenters. The van der Waals surface area contributed by atoms with Crippen molar-refractivity contribution in [3.63, 3.8) is 0 Å². The smallest absolute Gasteiger partial charge is 0.441 e. The van der Waals surface area contributed by atoms with E-state index < -0.39 is 41.9 Å². The second kappa shape index (κ2) is 11.6. The minimum atomic E-state index is -4.75. The molecule has 0 aliphatic rings. The van der Waals surface area contributed by atoms with Crippen LogP contribution in [0.25, 0.3) is 5.70 Å². The molecule has 0 spiro atoms. The summed E-state index contributed by atoms with van der Waals surface area (Å²) in [7, 11) is 1.34. The van der Waals surface area contributed by atoms with Crippen molar-refractivity contribution in [2.45, 2.75) is 19.2 Å². The zero-order chi connectivity index (χ0) is 28.9. The van der Waals surface area contributed by atoms with Crippen molar-refractivity contribution in [1.82, 2.24) is 30.3 Å². The second-order valence-corrected chi connectivity index (χ2v) is 7.76. The van der Waals surface area contributed by atoms with Crippen LogP contribution in [0, 0.1) is 11.8 Å². The second-order valence-electron chi connectivity index (χ2n) is 7.76. The van der Waals surface area contributed by atoms with E-state index in [-0.39, 0.29) is 34.0 Å². The Labute approximate surface area is 216 Å². The zero-order valence-corrected chi connectivity index (χ0v) is 20.1. The molecule has 3 aromatic rings. The standard InChI is InChI=1S/C22H20F5N9O3/c1-10(14-5-12(23)8-31-17(14)24)39-21(38)35-18(36(2)29)16(28)15-4-3-13(9-30-15)34-19(37)11-6-32-20(33-7-11)22(25,26)27/h3-10H,28-29H2,1-2H3,(H,34,37)(H,35,38)/b18-16-/t10-/m1/s1. The fourth-order valence-corrected chi connectivity index (χ4v) is 2.96. The number of alkyl halides is 3. The van der Waals surface area contributed by atoms with Crippen molar-refractivity contribution in [2.75, 3.05) is 12.4 Å². The van der Waals surface area contributed by atoms with Crippen molar-refractivity contribution in [3.05, 3.63) is 83.2 Å². The molecule has 39 heavy (non-hydrogen) atoms. The first-order chi connectivity index (χ1) is 18.3. The summed E-state index contributed by atoms with van der Waals surface area (Å²) >= 11 is 0. The molecule has 0 bridgehead atoms. The molecule has 3 heterocycles. The third-order valence-electron chi connectivity index (χ3n) is 4.85. The van der Waals surface area contributed by atoms with Crippen LogP contribution < -0.4 is 22.2 Å². The van der Waals surface area contributed by atoms with Crippen LogP contribution in [0.5, 0.6) is 0 Å². The van der Waals surface area contributed by atoms with Crippen LogP contribution in [0.2, 0.25) is 0 Å². The van der Waals surface area contributed by atoms with Gasteiger partial charge >= 0.3 is 12.3 Å². The molecule has 0 saturated carbocycles. The molecule has 206 valence electrons. The van der Waals surface area contributed by atoms with E-state index in [9.17, 15) is 31.5 Å². The number of hydrogen-bond acceptors (Lipinski definition) is 10. The molecule has 12 nitrogen and oxygen atoms in total. The first kappa shape index (κ1) is 28.6. The van der Waals surface area contributed by atoms with Gasteiger partial charge in [-0.15, -0.1) is 0 Å². The number of hydrogen-bond donors (Lipinski definition) is 4. The van der Waals surface area contributed by atoms with Crippen LogP contribution in [0.15, 0.2) is 48.8 Å². The molecule has 17 heteroatoms. The number of halogens is 5. The SMILES string of the molecule is C[C@@H](OC(=O)N/C(=C(/N)c1ccc(NC(=O)c2cnc(C(F)(F)F)nc2)cn1)N(C)N)c1cc(F)cnc1F. The molecule has 0 aromatic carbocycles. The van der Waals surface area contributed by atoms with Crippen molar-refractivity contribution >= 4 is 23.4 Å². The van der Waals surface area contributed by atoms with Gasteiger partial charge in [-0.05, 0) is 25.1 Å². The van der Waals surface area contributed by atoms with Gasteiger partial charge in [-0.1, -0.05) is 0 Å². The summed E-state index contributed by atoms with van der Waals surface area (Å²) in [6.45, 7) is 1.30. The van der Waals surface area contributed by atoms with E-state index in [0.717, 1.165) is 23.5 Å². The number of nitrogens with zero attached hydrogens (tertiary/aromatic N) is 5. The number of hydrazine groups is 1. The van der Waals surface area contributed by atoms with E-state index >= 15 is 0 Å². The van der Waals surface area contributed by atoms with E-state index in [2.05, 4.69) is 30.6 Å². The lowest BCUT2D eigenvalue weighted by molar-refractivity contribution is -0.145. The Morgan fingerprint density at radius 3 is 2.28 bits per heavy atom. The Kier molecular flexibility index (Phi) is 8.54. The Balaban J connectivity index is 1.70. The summed E-state index contributed by atoms with van der Waals surface area (Å²) in [5.41, 5.74) is 5.64. The number of pyridine rings is 2. The number of nitrogens with one attached hydrogen (secondary N) is 2. The highest BCUT2D eigenvalue weighted by atomic mass is 19.4. The lowest BCUT2D eigenvalue weighted by Crippen LogP contribution is -2.39. The van der Waals surface area contributed by atoms with E-state index in [4.69, 9.17) is 16.3 Å². The van der Waals surface area contributed by atoms with Gasteiger partial charge in [0.1, 0.15) is 17.6 Å².